The minimum Gasteiger partial charge on any atom is -0.261 e. The summed E-state index contributed by atoms with van der Waals surface area (Å²) in [7, 11) is 0. The molecule has 0 aromatic carbocycles. The summed E-state index contributed by atoms with van der Waals surface area (Å²) < 4.78 is 0. The van der Waals surface area contributed by atoms with Gasteiger partial charge in [-0.3, -0.25) is 5.43 Å². The van der Waals surface area contributed by atoms with Crippen LogP contribution in [0.4, 0.5) is 5.82 Å². The number of nitrogens with one attached hydrogen (secondary N) is 1. The normalized spacial score (nSPS) is 27.9. The van der Waals surface area contributed by atoms with E-state index in [9.17, 15) is 0 Å². The monoisotopic (exact) mass is 296 g/mol. The average molecular weight is 296 g/mol. The molecule has 0 amide bonds. The molecule has 2 aromatic rings. The topological polar surface area (TPSA) is 50.2 Å². The number of allylic oxidation sites excluding steroid dienone is 2. The van der Waals surface area contributed by atoms with Crippen molar-refractivity contribution in [1.29, 1.82) is 0 Å². The predicted octanol–water partition coefficient (Wildman–Crippen LogP) is 3.54. The third-order valence-corrected chi connectivity index (χ3v) is 6.17. The third kappa shape index (κ3) is 1.70. The predicted molar refractivity (Wildman–Crippen MR) is 85.9 cm³/mol. The van der Waals surface area contributed by atoms with Crippen molar-refractivity contribution in [2.75, 3.05) is 5.43 Å². The van der Waals surface area contributed by atoms with E-state index >= 15 is 0 Å². The molecule has 5 rings (SSSR count). The maximum Gasteiger partial charge on any atom is 0.158 e. The Labute approximate surface area is 127 Å². The van der Waals surface area contributed by atoms with Crippen LogP contribution in [0.5, 0.6) is 0 Å². The number of thiophene rings is 1. The first-order valence-electron chi connectivity index (χ1n) is 7.64. The summed E-state index contributed by atoms with van der Waals surface area (Å²) in [6.07, 6.45) is 12.1. The summed E-state index contributed by atoms with van der Waals surface area (Å²) in [6.45, 7) is 0. The van der Waals surface area contributed by atoms with Crippen molar-refractivity contribution in [3.05, 3.63) is 28.9 Å². The highest BCUT2D eigenvalue weighted by Gasteiger charge is 2.38. The van der Waals surface area contributed by atoms with Crippen molar-refractivity contribution in [3.63, 3.8) is 0 Å². The van der Waals surface area contributed by atoms with Gasteiger partial charge in [-0.05, 0) is 43.6 Å². The van der Waals surface area contributed by atoms with E-state index in [1.165, 1.54) is 34.4 Å². The molecular formula is C16H16N4S. The average Bonchev–Trinajstić information content (AvgIpc) is 3.13. The minimum absolute atomic E-state index is 0.642. The molecule has 0 unspecified atom stereocenters. The van der Waals surface area contributed by atoms with E-state index in [1.807, 2.05) is 11.3 Å². The van der Waals surface area contributed by atoms with Gasteiger partial charge in [0.2, 0.25) is 0 Å². The van der Waals surface area contributed by atoms with E-state index in [1.54, 1.807) is 6.33 Å². The molecule has 1 fully saturated rings. The zero-order valence-corrected chi connectivity index (χ0v) is 12.5. The van der Waals surface area contributed by atoms with Crippen molar-refractivity contribution in [3.8, 4) is 0 Å². The molecule has 0 spiro atoms. The lowest BCUT2D eigenvalue weighted by Crippen LogP contribution is -2.33. The Morgan fingerprint density at radius 3 is 3.24 bits per heavy atom. The molecule has 0 aliphatic heterocycles. The Balaban J connectivity index is 1.49. The second-order valence-electron chi connectivity index (χ2n) is 6.11. The van der Waals surface area contributed by atoms with Gasteiger partial charge >= 0.3 is 0 Å². The fourth-order valence-electron chi connectivity index (χ4n) is 3.80. The van der Waals surface area contributed by atoms with Gasteiger partial charge < -0.3 is 0 Å². The van der Waals surface area contributed by atoms with Crippen LogP contribution in [0.1, 0.15) is 29.7 Å². The lowest BCUT2D eigenvalue weighted by molar-refractivity contribution is 0.466. The molecule has 1 N–H and O–H groups in total. The smallest absolute Gasteiger partial charge is 0.158 e. The van der Waals surface area contributed by atoms with Crippen LogP contribution in [0.15, 0.2) is 23.6 Å². The molecule has 3 aliphatic carbocycles. The van der Waals surface area contributed by atoms with Crippen LogP contribution >= 0.6 is 11.3 Å². The van der Waals surface area contributed by atoms with Gasteiger partial charge in [-0.15, -0.1) is 11.3 Å². The molecule has 0 saturated heterocycles. The molecule has 5 heteroatoms. The van der Waals surface area contributed by atoms with Crippen LogP contribution in [0.2, 0.25) is 0 Å². The molecule has 0 bridgehead atoms. The number of hydrogen-bond donors (Lipinski definition) is 1. The molecule has 1 saturated carbocycles. The van der Waals surface area contributed by atoms with Crippen molar-refractivity contribution in [2.24, 2.45) is 16.9 Å². The molecule has 21 heavy (non-hydrogen) atoms. The lowest BCUT2D eigenvalue weighted by atomic mass is 9.74. The quantitative estimate of drug-likeness (QED) is 0.681. The second kappa shape index (κ2) is 4.37. The highest BCUT2D eigenvalue weighted by Crippen LogP contribution is 2.41. The van der Waals surface area contributed by atoms with Gasteiger partial charge in [0.25, 0.3) is 0 Å². The van der Waals surface area contributed by atoms with Crippen LogP contribution in [0.25, 0.3) is 10.2 Å². The van der Waals surface area contributed by atoms with E-state index in [2.05, 4.69) is 32.6 Å². The number of fused-ring (bicyclic) bond motifs is 4. The number of rotatable bonds is 2. The number of anilines is 1. The number of aryl methyl sites for hydroxylation is 2. The van der Waals surface area contributed by atoms with Crippen molar-refractivity contribution >= 4 is 33.1 Å². The van der Waals surface area contributed by atoms with Crippen molar-refractivity contribution < 1.29 is 0 Å². The Hall–Kier alpha value is -1.75. The number of aromatic nitrogens is 2. The van der Waals surface area contributed by atoms with Crippen molar-refractivity contribution in [1.82, 2.24) is 9.97 Å². The molecule has 2 atom stereocenters. The first-order chi connectivity index (χ1) is 10.4. The van der Waals surface area contributed by atoms with Gasteiger partial charge in [0, 0.05) is 16.5 Å². The molecule has 3 aliphatic rings. The fourth-order valence-corrected chi connectivity index (χ4v) is 5.03. The van der Waals surface area contributed by atoms with Crippen LogP contribution in [0.3, 0.4) is 0 Å². The van der Waals surface area contributed by atoms with Crippen molar-refractivity contribution in [2.45, 2.75) is 32.1 Å². The standard InChI is InChI=1S/C16H16N4S/c1-3-9-7-12(10(9)4-1)19-20-15-14-11-5-2-6-13(11)21-16(14)18-8-17-15/h1,3,8-10H,2,4-7H2,(H,17,18,20)/b19-12+/t9-,10+/m0/s1. The third-order valence-electron chi connectivity index (χ3n) is 4.97. The van der Waals surface area contributed by atoms with E-state index in [-0.39, 0.29) is 0 Å². The summed E-state index contributed by atoms with van der Waals surface area (Å²) in [4.78, 5) is 11.5. The summed E-state index contributed by atoms with van der Waals surface area (Å²) in [5.41, 5.74) is 5.98. The molecular weight excluding hydrogens is 280 g/mol. The molecule has 4 nitrogen and oxygen atoms in total. The molecule has 2 heterocycles. The van der Waals surface area contributed by atoms with Gasteiger partial charge in [0.05, 0.1) is 5.39 Å². The van der Waals surface area contributed by atoms with Crippen LogP contribution in [0, 0.1) is 11.8 Å². The van der Waals surface area contributed by atoms with Gasteiger partial charge in [-0.2, -0.15) is 5.10 Å². The van der Waals surface area contributed by atoms with Crippen LogP contribution < -0.4 is 5.43 Å². The maximum absolute atomic E-state index is 4.64. The Bertz CT molecular complexity index is 789. The number of hydrazone groups is 1. The molecule has 106 valence electrons. The van der Waals surface area contributed by atoms with Gasteiger partial charge in [-0.25, -0.2) is 9.97 Å². The highest BCUT2D eigenvalue weighted by molar-refractivity contribution is 7.19. The van der Waals surface area contributed by atoms with Crippen LogP contribution in [-0.4, -0.2) is 15.7 Å². The molecule has 2 aromatic heterocycles. The summed E-state index contributed by atoms with van der Waals surface area (Å²) in [6, 6.07) is 0. The first-order valence-corrected chi connectivity index (χ1v) is 8.46. The van der Waals surface area contributed by atoms with Crippen LogP contribution in [-0.2, 0) is 12.8 Å². The van der Waals surface area contributed by atoms with E-state index in [0.29, 0.717) is 5.92 Å². The SMILES string of the molecule is C1=C[C@H]2C/C(=N\Nc3ncnc4sc5c(c34)CCC5)[C@@H]2C1. The van der Waals surface area contributed by atoms with Gasteiger partial charge in [0.1, 0.15) is 11.2 Å². The summed E-state index contributed by atoms with van der Waals surface area (Å²) >= 11 is 1.82. The second-order valence-corrected chi connectivity index (χ2v) is 7.20. The largest absolute Gasteiger partial charge is 0.261 e. The highest BCUT2D eigenvalue weighted by atomic mass is 32.1. The summed E-state index contributed by atoms with van der Waals surface area (Å²) in [5.74, 6) is 2.27. The van der Waals surface area contributed by atoms with E-state index in [0.717, 1.165) is 35.8 Å². The lowest BCUT2D eigenvalue weighted by Gasteiger charge is -2.31. The first kappa shape index (κ1) is 11.9. The van der Waals surface area contributed by atoms with E-state index < -0.39 is 0 Å². The number of nitrogens with zero attached hydrogens (tertiary/aromatic N) is 3. The summed E-state index contributed by atoms with van der Waals surface area (Å²) in [5, 5.41) is 5.85. The molecule has 0 radical (unpaired) electrons. The zero-order chi connectivity index (χ0) is 13.8. The fraction of sp³-hybridized carbons (Fsp3) is 0.438. The Morgan fingerprint density at radius 2 is 2.29 bits per heavy atom. The zero-order valence-electron chi connectivity index (χ0n) is 11.7. The number of hydrogen-bond acceptors (Lipinski definition) is 5. The van der Waals surface area contributed by atoms with Gasteiger partial charge in [-0.1, -0.05) is 12.2 Å². The maximum atomic E-state index is 4.64. The van der Waals surface area contributed by atoms with E-state index in [4.69, 9.17) is 0 Å². The Morgan fingerprint density at radius 1 is 1.29 bits per heavy atom. The Kier molecular flexibility index (Phi) is 2.47. The minimum atomic E-state index is 0.642. The van der Waals surface area contributed by atoms with Gasteiger partial charge in [0.15, 0.2) is 5.82 Å².